The largest absolute Gasteiger partial charge is 0.478 e. The lowest BCUT2D eigenvalue weighted by atomic mass is 10.2. The molecule has 0 aliphatic heterocycles. The molecule has 0 radical (unpaired) electrons. The molecule has 1 aromatic rings. The number of carboxylic acids is 1. The van der Waals surface area contributed by atoms with Crippen LogP contribution in [0.5, 0.6) is 0 Å². The zero-order valence-corrected chi connectivity index (χ0v) is 9.97. The Hall–Kier alpha value is -0.680. The lowest BCUT2D eigenvalue weighted by molar-refractivity contribution is -0.131. The molecule has 1 aromatic carbocycles. The van der Waals surface area contributed by atoms with E-state index in [9.17, 15) is 9.18 Å². The second-order valence-corrected chi connectivity index (χ2v) is 4.14. The number of hydrogen-bond acceptors (Lipinski definition) is 1. The minimum absolute atomic E-state index is 0.210. The van der Waals surface area contributed by atoms with Crippen molar-refractivity contribution in [1.82, 2.24) is 0 Å². The van der Waals surface area contributed by atoms with Crippen LogP contribution in [-0.2, 0) is 4.79 Å². The fourth-order valence-corrected chi connectivity index (χ4v) is 1.63. The van der Waals surface area contributed by atoms with Gasteiger partial charge in [0, 0.05) is 16.1 Å². The molecular formula is C9H5Br2FO2. The van der Waals surface area contributed by atoms with Crippen molar-refractivity contribution >= 4 is 43.9 Å². The predicted octanol–water partition coefficient (Wildman–Crippen LogP) is 3.45. The van der Waals surface area contributed by atoms with Crippen molar-refractivity contribution in [2.75, 3.05) is 0 Å². The van der Waals surface area contributed by atoms with Crippen molar-refractivity contribution in [1.29, 1.82) is 0 Å². The van der Waals surface area contributed by atoms with Gasteiger partial charge in [-0.1, -0.05) is 15.9 Å². The number of rotatable bonds is 2. The number of halogens is 3. The van der Waals surface area contributed by atoms with Crippen LogP contribution >= 0.6 is 31.9 Å². The summed E-state index contributed by atoms with van der Waals surface area (Å²) < 4.78 is 14.2. The summed E-state index contributed by atoms with van der Waals surface area (Å²) in [6.07, 6.45) is 2.09. The van der Waals surface area contributed by atoms with Gasteiger partial charge < -0.3 is 5.11 Å². The number of benzene rings is 1. The highest BCUT2D eigenvalue weighted by molar-refractivity contribution is 9.11. The van der Waals surface area contributed by atoms with Crippen LogP contribution in [-0.4, -0.2) is 11.1 Å². The van der Waals surface area contributed by atoms with Gasteiger partial charge in [-0.05, 0) is 34.1 Å². The first kappa shape index (κ1) is 11.4. The molecule has 0 bridgehead atoms. The average molecular weight is 324 g/mol. The van der Waals surface area contributed by atoms with Crippen molar-refractivity contribution in [3.8, 4) is 0 Å². The van der Waals surface area contributed by atoms with E-state index < -0.39 is 11.8 Å². The maximum absolute atomic E-state index is 13.4. The van der Waals surface area contributed by atoms with Gasteiger partial charge in [-0.25, -0.2) is 9.18 Å². The summed E-state index contributed by atoms with van der Waals surface area (Å²) in [7, 11) is 0. The van der Waals surface area contributed by atoms with E-state index in [0.29, 0.717) is 8.95 Å². The van der Waals surface area contributed by atoms with Crippen LogP contribution in [0.2, 0.25) is 0 Å². The summed E-state index contributed by atoms with van der Waals surface area (Å²) in [5.74, 6) is -1.60. The summed E-state index contributed by atoms with van der Waals surface area (Å²) in [6, 6.07) is 3.17. The molecule has 0 aliphatic carbocycles. The molecule has 1 rings (SSSR count). The topological polar surface area (TPSA) is 37.3 Å². The summed E-state index contributed by atoms with van der Waals surface area (Å²) in [5.41, 5.74) is 0.210. The first-order valence-corrected chi connectivity index (χ1v) is 5.15. The SMILES string of the molecule is O=C(O)/C=C/c1c(Br)ccc(Br)c1F. The Labute approximate surface area is 96.7 Å². The minimum Gasteiger partial charge on any atom is -0.478 e. The Morgan fingerprint density at radius 1 is 1.36 bits per heavy atom. The van der Waals surface area contributed by atoms with Gasteiger partial charge in [0.05, 0.1) is 4.47 Å². The van der Waals surface area contributed by atoms with Crippen LogP contribution in [0.3, 0.4) is 0 Å². The van der Waals surface area contributed by atoms with Gasteiger partial charge in [0.15, 0.2) is 0 Å². The first-order chi connectivity index (χ1) is 6.52. The van der Waals surface area contributed by atoms with Crippen LogP contribution in [0.25, 0.3) is 6.08 Å². The van der Waals surface area contributed by atoms with E-state index in [1.54, 1.807) is 6.07 Å². The van der Waals surface area contributed by atoms with Crippen molar-refractivity contribution in [2.24, 2.45) is 0 Å². The van der Waals surface area contributed by atoms with E-state index >= 15 is 0 Å². The zero-order valence-electron chi connectivity index (χ0n) is 6.80. The maximum Gasteiger partial charge on any atom is 0.328 e. The van der Waals surface area contributed by atoms with Crippen LogP contribution in [0.1, 0.15) is 5.56 Å². The lowest BCUT2D eigenvalue weighted by Gasteiger charge is -2.01. The summed E-state index contributed by atoms with van der Waals surface area (Å²) >= 11 is 6.14. The van der Waals surface area contributed by atoms with Crippen molar-refractivity contribution in [2.45, 2.75) is 0 Å². The van der Waals surface area contributed by atoms with E-state index in [1.807, 2.05) is 0 Å². The third-order valence-electron chi connectivity index (χ3n) is 1.47. The standard InChI is InChI=1S/C9H5Br2FO2/c10-6-2-3-7(11)9(12)5(6)1-4-8(13)14/h1-4H,(H,13,14)/b4-1+. The molecule has 0 atom stereocenters. The van der Waals surface area contributed by atoms with Gasteiger partial charge in [0.1, 0.15) is 5.82 Å². The Morgan fingerprint density at radius 2 is 1.93 bits per heavy atom. The number of aliphatic carboxylic acids is 1. The van der Waals surface area contributed by atoms with Gasteiger partial charge in [0.2, 0.25) is 0 Å². The Bertz CT molecular complexity index is 402. The molecule has 1 N–H and O–H groups in total. The smallest absolute Gasteiger partial charge is 0.328 e. The van der Waals surface area contributed by atoms with Crippen molar-refractivity contribution in [3.05, 3.63) is 38.5 Å². The molecule has 0 fully saturated rings. The Morgan fingerprint density at radius 3 is 2.50 bits per heavy atom. The molecule has 2 nitrogen and oxygen atoms in total. The average Bonchev–Trinajstić information content (AvgIpc) is 2.11. The summed E-state index contributed by atoms with van der Waals surface area (Å²) in [4.78, 5) is 10.2. The van der Waals surface area contributed by atoms with Gasteiger partial charge >= 0.3 is 5.97 Å². The van der Waals surface area contributed by atoms with Gasteiger partial charge in [0.25, 0.3) is 0 Å². The third kappa shape index (κ3) is 2.65. The number of carboxylic acid groups (broad SMARTS) is 1. The van der Waals surface area contributed by atoms with E-state index in [1.165, 1.54) is 12.1 Å². The molecule has 0 spiro atoms. The Kier molecular flexibility index (Phi) is 3.83. The highest BCUT2D eigenvalue weighted by atomic mass is 79.9. The highest BCUT2D eigenvalue weighted by Gasteiger charge is 2.07. The normalized spacial score (nSPS) is 10.8. The molecule has 0 amide bonds. The molecule has 5 heteroatoms. The van der Waals surface area contributed by atoms with Crippen LogP contribution in [0.15, 0.2) is 27.2 Å². The quantitative estimate of drug-likeness (QED) is 0.668. The number of carbonyl (C=O) groups is 1. The van der Waals surface area contributed by atoms with Gasteiger partial charge in [-0.2, -0.15) is 0 Å². The monoisotopic (exact) mass is 322 g/mol. The highest BCUT2D eigenvalue weighted by Crippen LogP contribution is 2.27. The molecule has 0 heterocycles. The van der Waals surface area contributed by atoms with E-state index in [0.717, 1.165) is 6.08 Å². The van der Waals surface area contributed by atoms with Gasteiger partial charge in [-0.15, -0.1) is 0 Å². The molecule has 74 valence electrons. The van der Waals surface area contributed by atoms with Crippen LogP contribution in [0, 0.1) is 5.82 Å². The van der Waals surface area contributed by atoms with E-state index in [4.69, 9.17) is 5.11 Å². The molecule has 0 saturated carbocycles. The molecular weight excluding hydrogens is 319 g/mol. The summed E-state index contributed by atoms with van der Waals surface area (Å²) in [5, 5.41) is 8.39. The molecule has 0 saturated heterocycles. The van der Waals surface area contributed by atoms with Crippen LogP contribution in [0.4, 0.5) is 4.39 Å². The number of hydrogen-bond donors (Lipinski definition) is 1. The second-order valence-electron chi connectivity index (χ2n) is 2.43. The second kappa shape index (κ2) is 4.70. The maximum atomic E-state index is 13.4. The molecule has 0 unspecified atom stereocenters. The summed E-state index contributed by atoms with van der Waals surface area (Å²) in [6.45, 7) is 0. The fourth-order valence-electron chi connectivity index (χ4n) is 0.850. The van der Waals surface area contributed by atoms with Gasteiger partial charge in [-0.3, -0.25) is 0 Å². The molecule has 14 heavy (non-hydrogen) atoms. The third-order valence-corrected chi connectivity index (χ3v) is 2.78. The van der Waals surface area contributed by atoms with E-state index in [2.05, 4.69) is 31.9 Å². The fraction of sp³-hybridized carbons (Fsp3) is 0. The zero-order chi connectivity index (χ0) is 10.7. The predicted molar refractivity (Wildman–Crippen MR) is 58.5 cm³/mol. The Balaban J connectivity index is 3.19. The first-order valence-electron chi connectivity index (χ1n) is 3.57. The van der Waals surface area contributed by atoms with Crippen molar-refractivity contribution in [3.63, 3.8) is 0 Å². The van der Waals surface area contributed by atoms with Crippen LogP contribution < -0.4 is 0 Å². The van der Waals surface area contributed by atoms with E-state index in [-0.39, 0.29) is 5.56 Å². The molecule has 0 aliphatic rings. The molecule has 0 aromatic heterocycles. The minimum atomic E-state index is -1.11. The lowest BCUT2D eigenvalue weighted by Crippen LogP contribution is -1.89. The van der Waals surface area contributed by atoms with Crippen molar-refractivity contribution < 1.29 is 14.3 Å².